The second-order valence-electron chi connectivity index (χ2n) is 3.47. The minimum atomic E-state index is -0.663. The molecule has 0 fully saturated rings. The first kappa shape index (κ1) is 11.1. The lowest BCUT2D eigenvalue weighted by atomic mass is 10.0. The third-order valence-electron chi connectivity index (χ3n) is 2.52. The van der Waals surface area contributed by atoms with Crippen LogP contribution in [-0.2, 0) is 9.53 Å². The lowest BCUT2D eigenvalue weighted by Crippen LogP contribution is -2.17. The van der Waals surface area contributed by atoms with Crippen LogP contribution < -0.4 is 0 Å². The van der Waals surface area contributed by atoms with Crippen LogP contribution in [0.1, 0.15) is 5.56 Å². The van der Waals surface area contributed by atoms with Crippen LogP contribution in [0.5, 0.6) is 0 Å². The predicted molar refractivity (Wildman–Crippen MR) is 64.3 cm³/mol. The van der Waals surface area contributed by atoms with Crippen molar-refractivity contribution >= 4 is 22.5 Å². The summed E-state index contributed by atoms with van der Waals surface area (Å²) in [6.07, 6.45) is 0. The third kappa shape index (κ3) is 1.97. The van der Waals surface area contributed by atoms with Gasteiger partial charge in [-0.2, -0.15) is 0 Å². The maximum atomic E-state index is 11.5. The van der Waals surface area contributed by atoms with Gasteiger partial charge in [0.25, 0.3) is 0 Å². The molecule has 0 spiro atoms. The van der Waals surface area contributed by atoms with E-state index in [0.717, 1.165) is 10.8 Å². The zero-order valence-electron chi connectivity index (χ0n) is 9.25. The van der Waals surface area contributed by atoms with Crippen molar-refractivity contribution < 1.29 is 14.7 Å². The third-order valence-corrected chi connectivity index (χ3v) is 2.52. The summed E-state index contributed by atoms with van der Waals surface area (Å²) in [5.74, 6) is -0.663. The first-order valence-corrected chi connectivity index (χ1v) is 5.06. The second-order valence-corrected chi connectivity index (χ2v) is 3.47. The van der Waals surface area contributed by atoms with Gasteiger partial charge in [0.1, 0.15) is 0 Å². The summed E-state index contributed by atoms with van der Waals surface area (Å²) in [5, 5.41) is 13.8. The van der Waals surface area contributed by atoms with Crippen molar-refractivity contribution in [2.24, 2.45) is 5.16 Å². The van der Waals surface area contributed by atoms with E-state index in [4.69, 9.17) is 5.21 Å². The summed E-state index contributed by atoms with van der Waals surface area (Å²) in [6, 6.07) is 13.0. The molecule has 2 aromatic carbocycles. The molecule has 86 valence electrons. The number of methoxy groups -OCH3 is 1. The molecule has 0 aliphatic rings. The molecule has 1 N–H and O–H groups in total. The summed E-state index contributed by atoms with van der Waals surface area (Å²) < 4.78 is 4.58. The van der Waals surface area contributed by atoms with Crippen LogP contribution in [0.2, 0.25) is 0 Å². The van der Waals surface area contributed by atoms with Gasteiger partial charge >= 0.3 is 5.97 Å². The van der Waals surface area contributed by atoms with Crippen molar-refractivity contribution in [3.05, 3.63) is 48.0 Å². The van der Waals surface area contributed by atoms with Crippen molar-refractivity contribution in [3.8, 4) is 0 Å². The van der Waals surface area contributed by atoms with E-state index >= 15 is 0 Å². The maximum Gasteiger partial charge on any atom is 0.360 e. The minimum absolute atomic E-state index is 0.0932. The zero-order valence-corrected chi connectivity index (χ0v) is 9.25. The highest BCUT2D eigenvalue weighted by Crippen LogP contribution is 2.19. The number of hydrogen-bond donors (Lipinski definition) is 1. The molecule has 2 aromatic rings. The van der Waals surface area contributed by atoms with Crippen molar-refractivity contribution in [1.82, 2.24) is 0 Å². The zero-order chi connectivity index (χ0) is 12.3. The first-order valence-electron chi connectivity index (χ1n) is 5.06. The predicted octanol–water partition coefficient (Wildman–Crippen LogP) is 2.19. The van der Waals surface area contributed by atoms with Crippen molar-refractivity contribution in [2.75, 3.05) is 7.11 Å². The molecule has 0 unspecified atom stereocenters. The van der Waals surface area contributed by atoms with Crippen LogP contribution in [0.4, 0.5) is 0 Å². The molecule has 0 saturated carbocycles. The molecule has 17 heavy (non-hydrogen) atoms. The number of hydrogen-bond acceptors (Lipinski definition) is 4. The highest BCUT2D eigenvalue weighted by atomic mass is 16.5. The first-order chi connectivity index (χ1) is 8.27. The van der Waals surface area contributed by atoms with E-state index < -0.39 is 5.97 Å². The van der Waals surface area contributed by atoms with E-state index in [1.807, 2.05) is 30.3 Å². The van der Waals surface area contributed by atoms with Gasteiger partial charge in [0.15, 0.2) is 5.71 Å². The molecular weight excluding hydrogens is 218 g/mol. The number of ether oxygens (including phenoxy) is 1. The Balaban J connectivity index is 2.66. The monoisotopic (exact) mass is 229 g/mol. The van der Waals surface area contributed by atoms with E-state index in [1.165, 1.54) is 7.11 Å². The number of rotatable bonds is 2. The molecule has 0 amide bonds. The molecule has 2 rings (SSSR count). The number of esters is 1. The summed E-state index contributed by atoms with van der Waals surface area (Å²) in [4.78, 5) is 11.5. The number of fused-ring (bicyclic) bond motifs is 1. The van der Waals surface area contributed by atoms with E-state index in [9.17, 15) is 4.79 Å². The Labute approximate surface area is 98.1 Å². The molecule has 4 nitrogen and oxygen atoms in total. The molecule has 0 bridgehead atoms. The van der Waals surface area contributed by atoms with Gasteiger partial charge in [0.2, 0.25) is 0 Å². The van der Waals surface area contributed by atoms with Crippen LogP contribution in [-0.4, -0.2) is 24.0 Å². The average molecular weight is 229 g/mol. The largest absolute Gasteiger partial charge is 0.464 e. The number of carbonyl (C=O) groups is 1. The lowest BCUT2D eigenvalue weighted by molar-refractivity contribution is -0.132. The fraction of sp³-hybridized carbons (Fsp3) is 0.0769. The van der Waals surface area contributed by atoms with E-state index in [2.05, 4.69) is 9.89 Å². The summed E-state index contributed by atoms with van der Waals surface area (Å²) >= 11 is 0. The Hall–Kier alpha value is -2.36. The SMILES string of the molecule is COC(=O)/C(=N/O)c1cccc2ccccc12. The van der Waals surface area contributed by atoms with Gasteiger partial charge in [-0.3, -0.25) is 0 Å². The number of nitrogens with zero attached hydrogens (tertiary/aromatic N) is 1. The summed E-state index contributed by atoms with van der Waals surface area (Å²) in [7, 11) is 1.25. The van der Waals surface area contributed by atoms with Crippen LogP contribution in [0.3, 0.4) is 0 Å². The Morgan fingerprint density at radius 1 is 1.18 bits per heavy atom. The van der Waals surface area contributed by atoms with Crippen LogP contribution in [0.15, 0.2) is 47.6 Å². The molecule has 0 atom stereocenters. The highest BCUT2D eigenvalue weighted by molar-refractivity contribution is 6.45. The molecule has 4 heteroatoms. The van der Waals surface area contributed by atoms with Gasteiger partial charge in [-0.15, -0.1) is 0 Å². The van der Waals surface area contributed by atoms with Crippen LogP contribution in [0, 0.1) is 0 Å². The Morgan fingerprint density at radius 3 is 2.59 bits per heavy atom. The molecule has 0 aromatic heterocycles. The van der Waals surface area contributed by atoms with E-state index in [0.29, 0.717) is 5.56 Å². The van der Waals surface area contributed by atoms with Gasteiger partial charge in [-0.05, 0) is 10.8 Å². The number of oxime groups is 1. The molecule has 0 radical (unpaired) electrons. The Morgan fingerprint density at radius 2 is 1.88 bits per heavy atom. The Kier molecular flexibility index (Phi) is 3.05. The molecule has 0 aliphatic carbocycles. The minimum Gasteiger partial charge on any atom is -0.464 e. The summed E-state index contributed by atoms with van der Waals surface area (Å²) in [6.45, 7) is 0. The lowest BCUT2D eigenvalue weighted by Gasteiger charge is -2.06. The smallest absolute Gasteiger partial charge is 0.360 e. The number of benzene rings is 2. The maximum absolute atomic E-state index is 11.5. The molecule has 0 heterocycles. The molecule has 0 aliphatic heterocycles. The van der Waals surface area contributed by atoms with E-state index in [-0.39, 0.29) is 5.71 Å². The normalized spacial score (nSPS) is 11.5. The quantitative estimate of drug-likeness (QED) is 0.371. The van der Waals surface area contributed by atoms with Gasteiger partial charge < -0.3 is 9.94 Å². The van der Waals surface area contributed by atoms with Crippen molar-refractivity contribution in [3.63, 3.8) is 0 Å². The van der Waals surface area contributed by atoms with Gasteiger partial charge in [-0.1, -0.05) is 47.6 Å². The average Bonchev–Trinajstić information content (AvgIpc) is 2.39. The van der Waals surface area contributed by atoms with Gasteiger partial charge in [0.05, 0.1) is 7.11 Å². The summed E-state index contributed by atoms with van der Waals surface area (Å²) in [5.41, 5.74) is 0.460. The van der Waals surface area contributed by atoms with E-state index in [1.54, 1.807) is 12.1 Å². The molecular formula is C13H11NO3. The standard InChI is InChI=1S/C13H11NO3/c1-17-13(15)12(14-16)11-8-4-6-9-5-2-3-7-10(9)11/h2-8,16H,1H3/b14-12+. The Bertz CT molecular complexity index is 585. The van der Waals surface area contributed by atoms with Crippen molar-refractivity contribution in [2.45, 2.75) is 0 Å². The fourth-order valence-electron chi connectivity index (χ4n) is 1.73. The van der Waals surface area contributed by atoms with Crippen molar-refractivity contribution in [1.29, 1.82) is 0 Å². The highest BCUT2D eigenvalue weighted by Gasteiger charge is 2.17. The second kappa shape index (κ2) is 4.65. The molecule has 0 saturated heterocycles. The fourth-order valence-corrected chi connectivity index (χ4v) is 1.73. The van der Waals surface area contributed by atoms with Crippen LogP contribution in [0.25, 0.3) is 10.8 Å². The van der Waals surface area contributed by atoms with Gasteiger partial charge in [-0.25, -0.2) is 4.79 Å². The number of carbonyl (C=O) groups excluding carboxylic acids is 1. The topological polar surface area (TPSA) is 58.9 Å². The van der Waals surface area contributed by atoms with Crippen LogP contribution >= 0.6 is 0 Å². The van der Waals surface area contributed by atoms with Gasteiger partial charge in [0, 0.05) is 5.56 Å².